The third kappa shape index (κ3) is 3.49. The maximum atomic E-state index is 13.0. The number of carbonyl (C=O) groups is 1. The van der Waals surface area contributed by atoms with Gasteiger partial charge < -0.3 is 5.32 Å². The summed E-state index contributed by atoms with van der Waals surface area (Å²) in [7, 11) is 0. The van der Waals surface area contributed by atoms with Gasteiger partial charge in [-0.25, -0.2) is 0 Å². The van der Waals surface area contributed by atoms with Crippen molar-refractivity contribution in [2.75, 3.05) is 0 Å². The van der Waals surface area contributed by atoms with Crippen molar-refractivity contribution in [1.82, 2.24) is 5.32 Å². The third-order valence-corrected chi connectivity index (χ3v) is 5.81. The fourth-order valence-electron chi connectivity index (χ4n) is 2.84. The Morgan fingerprint density at radius 3 is 2.58 bits per heavy atom. The molecular formula is C18H18BrN3OS. The molecule has 1 aliphatic heterocycles. The highest BCUT2D eigenvalue weighted by atomic mass is 79.9. The molecule has 6 heteroatoms. The first kappa shape index (κ1) is 17.0. The van der Waals surface area contributed by atoms with Gasteiger partial charge in [0.15, 0.2) is 0 Å². The first-order valence-electron chi connectivity index (χ1n) is 7.68. The molecule has 1 N–H and O–H groups in total. The van der Waals surface area contributed by atoms with Crippen LogP contribution in [-0.4, -0.2) is 18.0 Å². The van der Waals surface area contributed by atoms with Gasteiger partial charge in [-0.1, -0.05) is 44.2 Å². The van der Waals surface area contributed by atoms with E-state index < -0.39 is 5.41 Å². The molecule has 1 aromatic heterocycles. The van der Waals surface area contributed by atoms with E-state index in [9.17, 15) is 4.79 Å². The average Bonchev–Trinajstić information content (AvgIpc) is 3.20. The molecule has 0 saturated heterocycles. The van der Waals surface area contributed by atoms with Gasteiger partial charge in [0.05, 0.1) is 9.20 Å². The van der Waals surface area contributed by atoms with E-state index in [0.717, 1.165) is 14.2 Å². The van der Waals surface area contributed by atoms with Crippen molar-refractivity contribution in [2.24, 2.45) is 15.6 Å². The number of thiophene rings is 1. The maximum absolute atomic E-state index is 13.0. The molecule has 24 heavy (non-hydrogen) atoms. The van der Waals surface area contributed by atoms with E-state index >= 15 is 0 Å². The Morgan fingerprint density at radius 1 is 1.25 bits per heavy atom. The van der Waals surface area contributed by atoms with Gasteiger partial charge in [0.2, 0.25) is 5.91 Å². The van der Waals surface area contributed by atoms with Crippen molar-refractivity contribution in [2.45, 2.75) is 26.2 Å². The van der Waals surface area contributed by atoms with Crippen LogP contribution in [0, 0.1) is 5.41 Å². The number of hydrogen-bond donors (Lipinski definition) is 1. The number of benzene rings is 1. The number of amides is 1. The minimum Gasteiger partial charge on any atom is -0.312 e. The van der Waals surface area contributed by atoms with Crippen LogP contribution in [0.3, 0.4) is 0 Å². The lowest BCUT2D eigenvalue weighted by Gasteiger charge is -2.33. The fourth-order valence-corrected chi connectivity index (χ4v) is 4.58. The number of rotatable bonds is 4. The Kier molecular flexibility index (Phi) is 4.96. The highest BCUT2D eigenvalue weighted by molar-refractivity contribution is 9.11. The number of amidine groups is 1. The molecule has 2 heterocycles. The normalized spacial score (nSPS) is 15.2. The van der Waals surface area contributed by atoms with Gasteiger partial charge >= 0.3 is 0 Å². The van der Waals surface area contributed by atoms with E-state index in [-0.39, 0.29) is 11.8 Å². The van der Waals surface area contributed by atoms with Crippen LogP contribution in [0.25, 0.3) is 0 Å². The minimum absolute atomic E-state index is 0.0436. The molecular weight excluding hydrogens is 386 g/mol. The lowest BCUT2D eigenvalue weighted by molar-refractivity contribution is -0.128. The number of nitrogens with one attached hydrogen (secondary N) is 1. The molecule has 0 aliphatic carbocycles. The largest absolute Gasteiger partial charge is 0.312 e. The molecule has 0 fully saturated rings. The van der Waals surface area contributed by atoms with Gasteiger partial charge in [-0.2, -0.15) is 5.10 Å². The second kappa shape index (κ2) is 6.99. The minimum atomic E-state index is -0.642. The smallest absolute Gasteiger partial charge is 0.231 e. The summed E-state index contributed by atoms with van der Waals surface area (Å²) in [6.07, 6.45) is 2.26. The molecule has 1 atom stereocenters. The number of carbonyl (C=O) groups excluding carboxylic acids is 1. The van der Waals surface area contributed by atoms with Crippen LogP contribution >= 0.6 is 27.3 Å². The zero-order chi connectivity index (χ0) is 17.2. The monoisotopic (exact) mass is 403 g/mol. The summed E-state index contributed by atoms with van der Waals surface area (Å²) < 4.78 is 1.06. The standard InChI is InChI=1S/C18H18BrN3OS/c1-18(2,17(23)21-15-10-11-20-22-15)16(12-6-4-3-5-7-12)13-8-9-14(19)24-13/h3-9,11,16H,10H2,1-2H3,(H,21,22,23). The van der Waals surface area contributed by atoms with Crippen LogP contribution in [0.1, 0.15) is 36.6 Å². The summed E-state index contributed by atoms with van der Waals surface area (Å²) in [6, 6.07) is 14.3. The third-order valence-electron chi connectivity index (χ3n) is 4.12. The van der Waals surface area contributed by atoms with Gasteiger partial charge in [-0.05, 0) is 33.6 Å². The molecule has 0 bridgehead atoms. The molecule has 0 radical (unpaired) electrons. The van der Waals surface area contributed by atoms with Crippen LogP contribution in [0.5, 0.6) is 0 Å². The lowest BCUT2D eigenvalue weighted by atomic mass is 9.73. The van der Waals surface area contributed by atoms with Crippen molar-refractivity contribution in [3.63, 3.8) is 0 Å². The molecule has 1 amide bonds. The van der Waals surface area contributed by atoms with Crippen molar-refractivity contribution >= 4 is 45.2 Å². The quantitative estimate of drug-likeness (QED) is 0.797. The first-order valence-corrected chi connectivity index (χ1v) is 9.29. The topological polar surface area (TPSA) is 53.8 Å². The molecule has 3 rings (SSSR count). The van der Waals surface area contributed by atoms with Crippen molar-refractivity contribution in [3.05, 3.63) is 56.7 Å². The SMILES string of the molecule is CC(C)(C(=O)NC1=NN=CC1)C(c1ccccc1)c1ccc(Br)s1. The van der Waals surface area contributed by atoms with Crippen molar-refractivity contribution < 1.29 is 4.79 Å². The van der Waals surface area contributed by atoms with E-state index in [1.54, 1.807) is 17.6 Å². The Labute approximate surface area is 153 Å². The number of hydrogen-bond acceptors (Lipinski definition) is 4. The van der Waals surface area contributed by atoms with Crippen molar-refractivity contribution in [1.29, 1.82) is 0 Å². The van der Waals surface area contributed by atoms with Gasteiger partial charge in [0.1, 0.15) is 5.84 Å². The van der Waals surface area contributed by atoms with Crippen LogP contribution in [0.4, 0.5) is 0 Å². The van der Waals surface area contributed by atoms with E-state index in [0.29, 0.717) is 12.3 Å². The van der Waals surface area contributed by atoms with E-state index in [1.807, 2.05) is 38.1 Å². The summed E-state index contributed by atoms with van der Waals surface area (Å²) in [6.45, 7) is 3.95. The molecule has 1 unspecified atom stereocenters. The molecule has 1 aliphatic rings. The average molecular weight is 404 g/mol. The van der Waals surface area contributed by atoms with Crippen molar-refractivity contribution in [3.8, 4) is 0 Å². The highest BCUT2D eigenvalue weighted by Crippen LogP contribution is 2.44. The lowest BCUT2D eigenvalue weighted by Crippen LogP contribution is -2.43. The molecule has 0 spiro atoms. The van der Waals surface area contributed by atoms with Crippen LogP contribution in [0.2, 0.25) is 0 Å². The second-order valence-corrected chi connectivity index (χ2v) is 8.70. The molecule has 0 saturated carbocycles. The molecule has 2 aromatic rings. The zero-order valence-electron chi connectivity index (χ0n) is 13.5. The van der Waals surface area contributed by atoms with Crippen LogP contribution in [0.15, 0.2) is 56.5 Å². The number of halogens is 1. The molecule has 4 nitrogen and oxygen atoms in total. The number of nitrogens with zero attached hydrogens (tertiary/aromatic N) is 2. The summed E-state index contributed by atoms with van der Waals surface area (Å²) >= 11 is 5.19. The first-order chi connectivity index (χ1) is 11.5. The van der Waals surface area contributed by atoms with Gasteiger partial charge in [0.25, 0.3) is 0 Å². The highest BCUT2D eigenvalue weighted by Gasteiger charge is 2.40. The van der Waals surface area contributed by atoms with Crippen LogP contribution in [-0.2, 0) is 4.79 Å². The van der Waals surface area contributed by atoms with E-state index in [4.69, 9.17) is 0 Å². The summed E-state index contributed by atoms with van der Waals surface area (Å²) in [4.78, 5) is 14.1. The maximum Gasteiger partial charge on any atom is 0.231 e. The van der Waals surface area contributed by atoms with Gasteiger partial charge in [-0.15, -0.1) is 16.4 Å². The Hall–Kier alpha value is -1.79. The Balaban J connectivity index is 1.95. The second-order valence-electron chi connectivity index (χ2n) is 6.21. The summed E-state index contributed by atoms with van der Waals surface area (Å²) in [5, 5.41) is 10.7. The fraction of sp³-hybridized carbons (Fsp3) is 0.278. The predicted octanol–water partition coefficient (Wildman–Crippen LogP) is 4.57. The summed E-state index contributed by atoms with van der Waals surface area (Å²) in [5.74, 6) is 0.510. The van der Waals surface area contributed by atoms with E-state index in [1.165, 1.54) is 0 Å². The summed E-state index contributed by atoms with van der Waals surface area (Å²) in [5.41, 5.74) is 0.480. The predicted molar refractivity (Wildman–Crippen MR) is 103 cm³/mol. The molecule has 1 aromatic carbocycles. The van der Waals surface area contributed by atoms with Gasteiger partial charge in [-0.3, -0.25) is 4.79 Å². The zero-order valence-corrected chi connectivity index (χ0v) is 15.9. The van der Waals surface area contributed by atoms with Gasteiger partial charge in [0, 0.05) is 23.4 Å². The Bertz CT molecular complexity index is 796. The Morgan fingerprint density at radius 2 is 2.00 bits per heavy atom. The van der Waals surface area contributed by atoms with E-state index in [2.05, 4.69) is 49.6 Å². The molecule has 124 valence electrons. The van der Waals surface area contributed by atoms with Crippen LogP contribution < -0.4 is 5.32 Å².